The number of benzene rings is 2. The van der Waals surface area contributed by atoms with E-state index in [1.54, 1.807) is 12.1 Å². The van der Waals surface area contributed by atoms with Crippen molar-refractivity contribution in [1.82, 2.24) is 15.2 Å². The Morgan fingerprint density at radius 2 is 1.86 bits per heavy atom. The molecular weight excluding hydrogens is 394 g/mol. The number of carbonyl (C=O) groups is 1. The first-order chi connectivity index (χ1) is 14.0. The molecule has 0 bridgehead atoms. The van der Waals surface area contributed by atoms with Crippen LogP contribution in [0.5, 0.6) is 0 Å². The average molecular weight is 416 g/mol. The number of hydrogen-bond donors (Lipinski definition) is 1. The molecule has 1 aliphatic heterocycles. The number of hydrazone groups is 1. The SMILES string of the molecule is O=C(CN1CCN(Cc2ccccc2Cl)CC1)N/N=C\c1cccc([N+](=O)[O-])c1. The normalized spacial score (nSPS) is 15.5. The van der Waals surface area contributed by atoms with Gasteiger partial charge in [0.25, 0.3) is 11.6 Å². The molecule has 1 saturated heterocycles. The molecule has 1 heterocycles. The topological polar surface area (TPSA) is 91.1 Å². The minimum Gasteiger partial charge on any atom is -0.296 e. The highest BCUT2D eigenvalue weighted by atomic mass is 35.5. The highest BCUT2D eigenvalue weighted by Crippen LogP contribution is 2.17. The van der Waals surface area contributed by atoms with E-state index in [0.717, 1.165) is 43.3 Å². The lowest BCUT2D eigenvalue weighted by Crippen LogP contribution is -2.48. The van der Waals surface area contributed by atoms with Crippen LogP contribution in [-0.2, 0) is 11.3 Å². The summed E-state index contributed by atoms with van der Waals surface area (Å²) in [5.74, 6) is -0.216. The Morgan fingerprint density at radius 3 is 2.59 bits per heavy atom. The summed E-state index contributed by atoms with van der Waals surface area (Å²) in [7, 11) is 0. The lowest BCUT2D eigenvalue weighted by molar-refractivity contribution is -0.384. The summed E-state index contributed by atoms with van der Waals surface area (Å²) in [5.41, 5.74) is 4.11. The van der Waals surface area contributed by atoms with E-state index in [1.807, 2.05) is 24.3 Å². The maximum atomic E-state index is 12.1. The first kappa shape index (κ1) is 20.9. The third-order valence-electron chi connectivity index (χ3n) is 4.67. The predicted molar refractivity (Wildman–Crippen MR) is 112 cm³/mol. The van der Waals surface area contributed by atoms with Crippen LogP contribution in [0.4, 0.5) is 5.69 Å². The number of nitrogens with one attached hydrogen (secondary N) is 1. The average Bonchev–Trinajstić information content (AvgIpc) is 2.71. The number of carbonyl (C=O) groups excluding carboxylic acids is 1. The Morgan fingerprint density at radius 1 is 1.14 bits per heavy atom. The third kappa shape index (κ3) is 6.35. The largest absolute Gasteiger partial charge is 0.296 e. The molecule has 9 heteroatoms. The van der Waals surface area contributed by atoms with Crippen LogP contribution in [0.2, 0.25) is 5.02 Å². The van der Waals surface area contributed by atoms with Crippen molar-refractivity contribution in [2.45, 2.75) is 6.54 Å². The molecule has 1 amide bonds. The summed E-state index contributed by atoms with van der Waals surface area (Å²) in [4.78, 5) is 26.8. The maximum absolute atomic E-state index is 12.1. The predicted octanol–water partition coefficient (Wildman–Crippen LogP) is 2.52. The van der Waals surface area contributed by atoms with Crippen molar-refractivity contribution >= 4 is 29.4 Å². The van der Waals surface area contributed by atoms with Gasteiger partial charge in [-0.05, 0) is 11.6 Å². The van der Waals surface area contributed by atoms with Gasteiger partial charge in [0.1, 0.15) is 0 Å². The van der Waals surface area contributed by atoms with Crippen LogP contribution in [0, 0.1) is 10.1 Å². The Balaban J connectivity index is 1.41. The quantitative estimate of drug-likeness (QED) is 0.426. The molecule has 0 atom stereocenters. The number of nitro groups is 1. The summed E-state index contributed by atoms with van der Waals surface area (Å²) in [6.07, 6.45) is 1.40. The molecule has 29 heavy (non-hydrogen) atoms. The minimum atomic E-state index is -0.471. The first-order valence-electron chi connectivity index (χ1n) is 9.26. The van der Waals surface area contributed by atoms with E-state index < -0.39 is 4.92 Å². The first-order valence-corrected chi connectivity index (χ1v) is 9.63. The van der Waals surface area contributed by atoms with Crippen molar-refractivity contribution < 1.29 is 9.72 Å². The molecule has 0 spiro atoms. The van der Waals surface area contributed by atoms with Crippen LogP contribution in [0.25, 0.3) is 0 Å². The number of halogens is 1. The maximum Gasteiger partial charge on any atom is 0.270 e. The second-order valence-corrected chi connectivity index (χ2v) is 7.20. The Hall–Kier alpha value is -2.81. The molecule has 0 aliphatic carbocycles. The van der Waals surface area contributed by atoms with Crippen LogP contribution in [0.1, 0.15) is 11.1 Å². The zero-order valence-electron chi connectivity index (χ0n) is 15.8. The van der Waals surface area contributed by atoms with Gasteiger partial charge in [-0.25, -0.2) is 5.43 Å². The molecule has 0 radical (unpaired) electrons. The molecule has 2 aromatic carbocycles. The fraction of sp³-hybridized carbons (Fsp3) is 0.300. The third-order valence-corrected chi connectivity index (χ3v) is 5.04. The van der Waals surface area contributed by atoms with Gasteiger partial charge < -0.3 is 0 Å². The van der Waals surface area contributed by atoms with E-state index in [4.69, 9.17) is 11.6 Å². The summed E-state index contributed by atoms with van der Waals surface area (Å²) < 4.78 is 0. The molecule has 152 valence electrons. The molecule has 8 nitrogen and oxygen atoms in total. The Bertz CT molecular complexity index is 897. The molecule has 1 fully saturated rings. The monoisotopic (exact) mass is 415 g/mol. The second-order valence-electron chi connectivity index (χ2n) is 6.79. The number of amides is 1. The van der Waals surface area contributed by atoms with E-state index in [2.05, 4.69) is 20.3 Å². The van der Waals surface area contributed by atoms with Gasteiger partial charge >= 0.3 is 0 Å². The number of piperazine rings is 1. The smallest absolute Gasteiger partial charge is 0.270 e. The number of rotatable bonds is 7. The lowest BCUT2D eigenvalue weighted by Gasteiger charge is -2.34. The van der Waals surface area contributed by atoms with Gasteiger partial charge in [-0.15, -0.1) is 0 Å². The van der Waals surface area contributed by atoms with Crippen molar-refractivity contribution in [2.24, 2.45) is 5.10 Å². The highest BCUT2D eigenvalue weighted by molar-refractivity contribution is 6.31. The Kier molecular flexibility index (Phi) is 7.29. The molecule has 1 aliphatic rings. The summed E-state index contributed by atoms with van der Waals surface area (Å²) in [5, 5.41) is 15.4. The van der Waals surface area contributed by atoms with Crippen molar-refractivity contribution in [1.29, 1.82) is 0 Å². The van der Waals surface area contributed by atoms with Gasteiger partial charge in [-0.1, -0.05) is 41.9 Å². The van der Waals surface area contributed by atoms with Crippen molar-refractivity contribution in [3.8, 4) is 0 Å². The minimum absolute atomic E-state index is 0.0186. The number of nitro benzene ring substituents is 1. The second kappa shape index (κ2) is 10.1. The van der Waals surface area contributed by atoms with E-state index >= 15 is 0 Å². The fourth-order valence-electron chi connectivity index (χ4n) is 3.11. The van der Waals surface area contributed by atoms with Crippen molar-refractivity contribution in [2.75, 3.05) is 32.7 Å². The summed E-state index contributed by atoms with van der Waals surface area (Å²) in [6.45, 7) is 4.34. The van der Waals surface area contributed by atoms with Gasteiger partial charge in [-0.3, -0.25) is 24.7 Å². The van der Waals surface area contributed by atoms with E-state index in [9.17, 15) is 14.9 Å². The standard InChI is InChI=1S/C20H22ClN5O3/c21-19-7-2-1-5-17(19)14-24-8-10-25(11-9-24)15-20(27)23-22-13-16-4-3-6-18(12-16)26(28)29/h1-7,12-13H,8-11,14-15H2,(H,23,27)/b22-13-. The molecule has 1 N–H and O–H groups in total. The highest BCUT2D eigenvalue weighted by Gasteiger charge is 2.19. The summed E-state index contributed by atoms with van der Waals surface area (Å²) >= 11 is 6.22. The number of hydrogen-bond acceptors (Lipinski definition) is 6. The molecule has 3 rings (SSSR count). The zero-order valence-corrected chi connectivity index (χ0v) is 16.6. The molecule has 0 aromatic heterocycles. The van der Waals surface area contributed by atoms with Crippen LogP contribution >= 0.6 is 11.6 Å². The number of non-ortho nitro benzene ring substituents is 1. The molecule has 2 aromatic rings. The number of nitrogens with zero attached hydrogens (tertiary/aromatic N) is 4. The zero-order chi connectivity index (χ0) is 20.6. The van der Waals surface area contributed by atoms with E-state index in [0.29, 0.717) is 5.56 Å². The molecule has 0 unspecified atom stereocenters. The summed E-state index contributed by atoms with van der Waals surface area (Å²) in [6, 6.07) is 13.9. The van der Waals surface area contributed by atoms with Crippen LogP contribution < -0.4 is 5.43 Å². The fourth-order valence-corrected chi connectivity index (χ4v) is 3.30. The van der Waals surface area contributed by atoms with Gasteiger partial charge in [0.15, 0.2) is 0 Å². The van der Waals surface area contributed by atoms with E-state index in [1.165, 1.54) is 18.3 Å². The van der Waals surface area contributed by atoms with Gasteiger partial charge in [0.2, 0.25) is 0 Å². The lowest BCUT2D eigenvalue weighted by atomic mass is 10.2. The molecule has 0 saturated carbocycles. The van der Waals surface area contributed by atoms with Crippen LogP contribution in [0.15, 0.2) is 53.6 Å². The van der Waals surface area contributed by atoms with Crippen LogP contribution in [-0.4, -0.2) is 59.6 Å². The van der Waals surface area contributed by atoms with E-state index in [-0.39, 0.29) is 18.1 Å². The molecular formula is C20H22ClN5O3. The van der Waals surface area contributed by atoms with Crippen molar-refractivity contribution in [3.05, 3.63) is 74.8 Å². The Labute approximate surface area is 173 Å². The van der Waals surface area contributed by atoms with Gasteiger partial charge in [0.05, 0.1) is 17.7 Å². The van der Waals surface area contributed by atoms with Gasteiger partial charge in [0, 0.05) is 55.4 Å². The van der Waals surface area contributed by atoms with Gasteiger partial charge in [-0.2, -0.15) is 5.10 Å². The van der Waals surface area contributed by atoms with Crippen LogP contribution in [0.3, 0.4) is 0 Å². The van der Waals surface area contributed by atoms with Crippen molar-refractivity contribution in [3.63, 3.8) is 0 Å².